The van der Waals surface area contributed by atoms with Crippen molar-refractivity contribution in [1.82, 2.24) is 0 Å². The molecule has 1 unspecified atom stereocenters. The van der Waals surface area contributed by atoms with E-state index in [9.17, 15) is 4.39 Å². The van der Waals surface area contributed by atoms with Crippen molar-refractivity contribution in [2.45, 2.75) is 12.6 Å². The molecule has 0 aromatic heterocycles. The molecule has 0 radical (unpaired) electrons. The van der Waals surface area contributed by atoms with Gasteiger partial charge in [-0.2, -0.15) is 0 Å². The molecule has 0 amide bonds. The van der Waals surface area contributed by atoms with Crippen LogP contribution >= 0.6 is 36.4 Å². The van der Waals surface area contributed by atoms with Crippen LogP contribution in [0.1, 0.15) is 17.2 Å². The minimum atomic E-state index is -0.234. The predicted octanol–water partition coefficient (Wildman–Crippen LogP) is 4.34. The number of benzene rings is 2. The zero-order valence-corrected chi connectivity index (χ0v) is 13.5. The van der Waals surface area contributed by atoms with Gasteiger partial charge in [0.05, 0.1) is 0 Å². The van der Waals surface area contributed by atoms with Crippen LogP contribution in [0.5, 0.6) is 0 Å². The van der Waals surface area contributed by atoms with Crippen LogP contribution in [0.2, 0.25) is 5.02 Å². The first-order chi connectivity index (χ1) is 9.13. The zero-order chi connectivity index (χ0) is 13.4. The molecule has 1 atom stereocenters. The highest BCUT2D eigenvalue weighted by Gasteiger charge is 2.26. The van der Waals surface area contributed by atoms with Gasteiger partial charge in [0.15, 0.2) is 0 Å². The summed E-state index contributed by atoms with van der Waals surface area (Å²) in [5.41, 5.74) is 9.12. The van der Waals surface area contributed by atoms with Crippen LogP contribution in [0.15, 0.2) is 42.5 Å². The molecule has 21 heavy (non-hydrogen) atoms. The molecule has 3 rings (SSSR count). The molecule has 0 saturated carbocycles. The highest BCUT2D eigenvalue weighted by Crippen LogP contribution is 2.34. The summed E-state index contributed by atoms with van der Waals surface area (Å²) < 4.78 is 13.2. The van der Waals surface area contributed by atoms with Crippen molar-refractivity contribution < 1.29 is 4.39 Å². The lowest BCUT2D eigenvalue weighted by Crippen LogP contribution is -2.23. The third-order valence-electron chi connectivity index (χ3n) is 3.43. The number of fused-ring (bicyclic) bond motifs is 1. The van der Waals surface area contributed by atoms with E-state index in [1.54, 1.807) is 6.07 Å². The van der Waals surface area contributed by atoms with E-state index in [1.165, 1.54) is 12.1 Å². The van der Waals surface area contributed by atoms with Crippen LogP contribution in [0.4, 0.5) is 10.1 Å². The molecule has 0 spiro atoms. The summed E-state index contributed by atoms with van der Waals surface area (Å²) in [4.78, 5) is 2.17. The Morgan fingerprint density at radius 1 is 1.14 bits per heavy atom. The van der Waals surface area contributed by atoms with Crippen molar-refractivity contribution in [2.24, 2.45) is 5.73 Å². The van der Waals surface area contributed by atoms with E-state index in [0.29, 0.717) is 6.54 Å². The molecule has 2 nitrogen and oxygen atoms in total. The van der Waals surface area contributed by atoms with Crippen LogP contribution in [0.3, 0.4) is 0 Å². The van der Waals surface area contributed by atoms with Crippen molar-refractivity contribution in [3.8, 4) is 0 Å². The second-order valence-corrected chi connectivity index (χ2v) is 5.25. The summed E-state index contributed by atoms with van der Waals surface area (Å²) >= 11 is 5.87. The number of halogens is 4. The first-order valence-corrected chi connectivity index (χ1v) is 6.56. The lowest BCUT2D eigenvalue weighted by Gasteiger charge is -2.19. The monoisotopic (exact) mass is 348 g/mol. The highest BCUT2D eigenvalue weighted by molar-refractivity contribution is 6.30. The summed E-state index contributed by atoms with van der Waals surface area (Å²) in [5, 5.41) is 0.726. The molecule has 2 aromatic carbocycles. The molecule has 1 aliphatic rings. The molecule has 2 aromatic rings. The Bertz CT molecular complexity index is 604. The molecule has 0 bridgehead atoms. The molecule has 2 N–H and O–H groups in total. The van der Waals surface area contributed by atoms with E-state index in [2.05, 4.69) is 4.90 Å². The van der Waals surface area contributed by atoms with Gasteiger partial charge in [-0.15, -0.1) is 24.8 Å². The Morgan fingerprint density at radius 3 is 2.48 bits per heavy atom. The molecule has 1 heterocycles. The summed E-state index contributed by atoms with van der Waals surface area (Å²) in [6.07, 6.45) is 0. The van der Waals surface area contributed by atoms with Gasteiger partial charge in [0.1, 0.15) is 5.82 Å². The maximum absolute atomic E-state index is 13.2. The first kappa shape index (κ1) is 18.1. The molecule has 114 valence electrons. The first-order valence-electron chi connectivity index (χ1n) is 6.18. The smallest absolute Gasteiger partial charge is 0.123 e. The van der Waals surface area contributed by atoms with Crippen LogP contribution in [0.25, 0.3) is 0 Å². The van der Waals surface area contributed by atoms with Gasteiger partial charge in [-0.05, 0) is 41.5 Å². The highest BCUT2D eigenvalue weighted by atomic mass is 35.5. The van der Waals surface area contributed by atoms with E-state index >= 15 is 0 Å². The van der Waals surface area contributed by atoms with Gasteiger partial charge in [-0.3, -0.25) is 0 Å². The molecule has 6 heteroatoms. The van der Waals surface area contributed by atoms with E-state index < -0.39 is 0 Å². The van der Waals surface area contributed by atoms with Gasteiger partial charge >= 0.3 is 0 Å². The largest absolute Gasteiger partial charge is 0.365 e. The molecule has 1 aliphatic heterocycles. The second kappa shape index (κ2) is 7.32. The molecular weight excluding hydrogens is 334 g/mol. The van der Waals surface area contributed by atoms with E-state index in [1.807, 2.05) is 24.3 Å². The van der Waals surface area contributed by atoms with Gasteiger partial charge < -0.3 is 10.6 Å². The van der Waals surface area contributed by atoms with Crippen molar-refractivity contribution in [2.75, 3.05) is 11.4 Å². The van der Waals surface area contributed by atoms with Crippen LogP contribution < -0.4 is 10.6 Å². The maximum Gasteiger partial charge on any atom is 0.123 e. The van der Waals surface area contributed by atoms with Gasteiger partial charge in [0.2, 0.25) is 0 Å². The number of hydrogen-bond acceptors (Lipinski definition) is 2. The second-order valence-electron chi connectivity index (χ2n) is 4.82. The van der Waals surface area contributed by atoms with Gasteiger partial charge in [0, 0.05) is 29.8 Å². The third kappa shape index (κ3) is 3.80. The lowest BCUT2D eigenvalue weighted by molar-refractivity contribution is 0.624. The fourth-order valence-corrected chi connectivity index (χ4v) is 2.63. The van der Waals surface area contributed by atoms with Crippen LogP contribution in [-0.4, -0.2) is 6.54 Å². The van der Waals surface area contributed by atoms with E-state index in [4.69, 9.17) is 17.3 Å². The summed E-state index contributed by atoms with van der Waals surface area (Å²) in [7, 11) is 0. The van der Waals surface area contributed by atoms with Crippen molar-refractivity contribution in [1.29, 1.82) is 0 Å². The van der Waals surface area contributed by atoms with Crippen molar-refractivity contribution in [3.63, 3.8) is 0 Å². The Labute approximate surface area is 140 Å². The van der Waals surface area contributed by atoms with Crippen LogP contribution in [0, 0.1) is 5.82 Å². The number of nitrogens with zero attached hydrogens (tertiary/aromatic N) is 1. The molecule has 0 fully saturated rings. The average Bonchev–Trinajstić information content (AvgIpc) is 2.69. The van der Waals surface area contributed by atoms with Gasteiger partial charge in [-0.1, -0.05) is 23.7 Å². The fourth-order valence-electron chi connectivity index (χ4n) is 2.50. The normalized spacial score (nSPS) is 16.0. The summed E-state index contributed by atoms with van der Waals surface area (Å²) in [6.45, 7) is 1.46. The Balaban J connectivity index is 0.00000110. The number of anilines is 1. The summed E-state index contributed by atoms with van der Waals surface area (Å²) in [6, 6.07) is 12.4. The minimum absolute atomic E-state index is 0. The Kier molecular flexibility index (Phi) is 6.29. The Hall–Kier alpha value is -1.00. The molecular formula is C15H16Cl3FN2. The fraction of sp³-hybridized carbons (Fsp3) is 0.200. The van der Waals surface area contributed by atoms with Gasteiger partial charge in [0.25, 0.3) is 0 Å². The van der Waals surface area contributed by atoms with E-state index in [-0.39, 0.29) is 36.7 Å². The third-order valence-corrected chi connectivity index (χ3v) is 3.69. The van der Waals surface area contributed by atoms with E-state index in [0.717, 1.165) is 28.4 Å². The number of rotatable bonds is 2. The lowest BCUT2D eigenvalue weighted by atomic mass is 10.1. The zero-order valence-electron chi connectivity index (χ0n) is 11.1. The van der Waals surface area contributed by atoms with Crippen molar-refractivity contribution in [3.05, 3.63) is 64.4 Å². The minimum Gasteiger partial charge on any atom is -0.365 e. The quantitative estimate of drug-likeness (QED) is 0.873. The maximum atomic E-state index is 13.2. The van der Waals surface area contributed by atoms with Gasteiger partial charge in [-0.25, -0.2) is 4.39 Å². The number of hydrogen-bond donors (Lipinski definition) is 1. The Morgan fingerprint density at radius 2 is 1.81 bits per heavy atom. The standard InChI is InChI=1S/C15H14ClFN2.2ClH/c16-11-3-1-10(2-4-11)8-19-9-14(18)13-7-12(17)5-6-15(13)19;;/h1-7,14H,8-9,18H2;2*1H. The topological polar surface area (TPSA) is 29.3 Å². The average molecular weight is 350 g/mol. The SMILES string of the molecule is Cl.Cl.NC1CN(Cc2ccc(Cl)cc2)c2ccc(F)cc21. The number of nitrogens with two attached hydrogens (primary N) is 1. The predicted molar refractivity (Wildman–Crippen MR) is 90.3 cm³/mol. The molecule has 0 aliphatic carbocycles. The summed E-state index contributed by atoms with van der Waals surface area (Å²) in [5.74, 6) is -0.234. The molecule has 0 saturated heterocycles. The van der Waals surface area contributed by atoms with Crippen LogP contribution in [-0.2, 0) is 6.54 Å². The van der Waals surface area contributed by atoms with Crippen molar-refractivity contribution >= 4 is 42.1 Å².